The smallest absolute Gasteiger partial charge is 0.320 e. The first-order valence-corrected chi connectivity index (χ1v) is 9.49. The lowest BCUT2D eigenvalue weighted by atomic mass is 10.0. The molecule has 0 aromatic rings. The van der Waals surface area contributed by atoms with Crippen molar-refractivity contribution in [3.63, 3.8) is 0 Å². The summed E-state index contributed by atoms with van der Waals surface area (Å²) in [5.41, 5.74) is 17.5. The second-order valence-corrected chi connectivity index (χ2v) is 6.84. The Morgan fingerprint density at radius 3 is 1.82 bits per heavy atom. The Labute approximate surface area is 165 Å². The number of carboxylic acids is 3. The molecule has 0 aliphatic rings. The number of aliphatic carboxylic acids is 3. The SMILES string of the molecule is N[C@@H](CCC/C=C(/CC[C@H](N)C(=O)O)CNCCCC[C@H](N)C(=O)O)C(=O)O. The molecule has 28 heavy (non-hydrogen) atoms. The first kappa shape index (κ1) is 26.0. The van der Waals surface area contributed by atoms with Crippen LogP contribution in [0.2, 0.25) is 0 Å². The average Bonchev–Trinajstić information content (AvgIpc) is 2.63. The molecule has 0 rings (SSSR count). The van der Waals surface area contributed by atoms with E-state index in [1.54, 1.807) is 0 Å². The van der Waals surface area contributed by atoms with E-state index in [4.69, 9.17) is 32.5 Å². The van der Waals surface area contributed by atoms with Crippen LogP contribution in [0.25, 0.3) is 0 Å². The summed E-state index contributed by atoms with van der Waals surface area (Å²) in [4.78, 5) is 32.2. The fourth-order valence-electron chi connectivity index (χ4n) is 2.48. The molecule has 10 heteroatoms. The largest absolute Gasteiger partial charge is 0.480 e. The molecule has 0 fully saturated rings. The van der Waals surface area contributed by atoms with Crippen molar-refractivity contribution in [1.29, 1.82) is 0 Å². The summed E-state index contributed by atoms with van der Waals surface area (Å²) in [5.74, 6) is -3.08. The molecule has 0 unspecified atom stereocenters. The second kappa shape index (κ2) is 15.0. The van der Waals surface area contributed by atoms with Gasteiger partial charge in [-0.05, 0) is 51.5 Å². The zero-order valence-corrected chi connectivity index (χ0v) is 16.2. The molecule has 0 radical (unpaired) electrons. The molecule has 0 spiro atoms. The Morgan fingerprint density at radius 1 is 0.786 bits per heavy atom. The Balaban J connectivity index is 4.32. The van der Waals surface area contributed by atoms with E-state index in [0.29, 0.717) is 58.0 Å². The highest BCUT2D eigenvalue weighted by molar-refractivity contribution is 5.73. The minimum atomic E-state index is -1.05. The normalized spacial score (nSPS) is 15.0. The lowest BCUT2D eigenvalue weighted by molar-refractivity contribution is -0.139. The first-order valence-electron chi connectivity index (χ1n) is 9.49. The highest BCUT2D eigenvalue weighted by Gasteiger charge is 2.13. The Hall–Kier alpha value is -2.01. The predicted molar refractivity (Wildman–Crippen MR) is 105 cm³/mol. The summed E-state index contributed by atoms with van der Waals surface area (Å²) in [7, 11) is 0. The van der Waals surface area contributed by atoms with E-state index in [1.807, 2.05) is 6.08 Å². The van der Waals surface area contributed by atoms with E-state index in [2.05, 4.69) is 5.32 Å². The standard InChI is InChI=1S/C18H34N4O6/c19-13(16(23)24)6-2-1-5-12(8-9-15(21)18(27)28)11-22-10-4-3-7-14(20)17(25)26/h5,13-15,22H,1-4,6-11,19-21H2,(H,23,24)(H,25,26)(H,27,28)/b12-5-/t13-,14-,15-/m0/s1. The van der Waals surface area contributed by atoms with Crippen molar-refractivity contribution >= 4 is 17.9 Å². The number of carboxylic acid groups (broad SMARTS) is 3. The summed E-state index contributed by atoms with van der Waals surface area (Å²) in [6, 6.07) is -2.65. The number of unbranched alkanes of at least 4 members (excludes halogenated alkanes) is 2. The van der Waals surface area contributed by atoms with Crippen LogP contribution in [-0.4, -0.2) is 64.4 Å². The molecule has 0 aliphatic carbocycles. The second-order valence-electron chi connectivity index (χ2n) is 6.84. The third-order valence-corrected chi connectivity index (χ3v) is 4.35. The van der Waals surface area contributed by atoms with E-state index in [-0.39, 0.29) is 0 Å². The van der Waals surface area contributed by atoms with Gasteiger partial charge in [-0.3, -0.25) is 14.4 Å². The van der Waals surface area contributed by atoms with Crippen molar-refractivity contribution in [3.8, 4) is 0 Å². The van der Waals surface area contributed by atoms with E-state index >= 15 is 0 Å². The van der Waals surface area contributed by atoms with Crippen molar-refractivity contribution in [3.05, 3.63) is 11.6 Å². The molecule has 0 heterocycles. The molecule has 10 N–H and O–H groups in total. The van der Waals surface area contributed by atoms with Crippen molar-refractivity contribution in [1.82, 2.24) is 5.32 Å². The summed E-state index contributed by atoms with van der Waals surface area (Å²) < 4.78 is 0. The van der Waals surface area contributed by atoms with Crippen LogP contribution in [-0.2, 0) is 14.4 Å². The minimum Gasteiger partial charge on any atom is -0.480 e. The number of nitrogens with one attached hydrogen (secondary N) is 1. The number of allylic oxidation sites excluding steroid dienone is 1. The van der Waals surface area contributed by atoms with Crippen molar-refractivity contribution in [2.45, 2.75) is 69.5 Å². The van der Waals surface area contributed by atoms with Gasteiger partial charge in [-0.1, -0.05) is 18.1 Å². The highest BCUT2D eigenvalue weighted by atomic mass is 16.4. The summed E-state index contributed by atoms with van der Waals surface area (Å²) in [6.45, 7) is 1.24. The molecule has 10 nitrogen and oxygen atoms in total. The van der Waals surface area contributed by atoms with E-state index in [1.165, 1.54) is 0 Å². The zero-order valence-electron chi connectivity index (χ0n) is 16.2. The van der Waals surface area contributed by atoms with Crippen LogP contribution in [0.15, 0.2) is 11.6 Å². The molecule has 0 aromatic heterocycles. The van der Waals surface area contributed by atoms with E-state index < -0.39 is 36.0 Å². The first-order chi connectivity index (χ1) is 13.1. The molecule has 0 bridgehead atoms. The number of carbonyl (C=O) groups is 3. The monoisotopic (exact) mass is 402 g/mol. The van der Waals surface area contributed by atoms with Gasteiger partial charge in [0.2, 0.25) is 0 Å². The van der Waals surface area contributed by atoms with Crippen LogP contribution in [0.5, 0.6) is 0 Å². The van der Waals surface area contributed by atoms with Gasteiger partial charge in [0.25, 0.3) is 0 Å². The molecule has 0 aliphatic heterocycles. The van der Waals surface area contributed by atoms with Gasteiger partial charge in [0, 0.05) is 6.54 Å². The van der Waals surface area contributed by atoms with E-state index in [9.17, 15) is 14.4 Å². The summed E-state index contributed by atoms with van der Waals surface area (Å²) in [6.07, 6.45) is 6.31. The third-order valence-electron chi connectivity index (χ3n) is 4.35. The van der Waals surface area contributed by atoms with Gasteiger partial charge in [0.15, 0.2) is 0 Å². The highest BCUT2D eigenvalue weighted by Crippen LogP contribution is 2.10. The molecule has 0 saturated heterocycles. The molecule has 0 saturated carbocycles. The van der Waals surface area contributed by atoms with Crippen LogP contribution >= 0.6 is 0 Å². The lowest BCUT2D eigenvalue weighted by Gasteiger charge is -2.12. The fourth-order valence-corrected chi connectivity index (χ4v) is 2.48. The van der Waals surface area contributed by atoms with Crippen LogP contribution in [0.3, 0.4) is 0 Å². The summed E-state index contributed by atoms with van der Waals surface area (Å²) >= 11 is 0. The van der Waals surface area contributed by atoms with Crippen LogP contribution in [0.4, 0.5) is 0 Å². The van der Waals surface area contributed by atoms with Gasteiger partial charge >= 0.3 is 17.9 Å². The number of hydrogen-bond acceptors (Lipinski definition) is 7. The van der Waals surface area contributed by atoms with Gasteiger partial charge < -0.3 is 37.8 Å². The maximum atomic E-state index is 10.9. The van der Waals surface area contributed by atoms with Gasteiger partial charge in [-0.2, -0.15) is 0 Å². The Bertz CT molecular complexity index is 526. The third kappa shape index (κ3) is 13.2. The summed E-state index contributed by atoms with van der Waals surface area (Å²) in [5, 5.41) is 29.6. The average molecular weight is 402 g/mol. The number of hydrogen-bond donors (Lipinski definition) is 7. The molecule has 3 atom stereocenters. The van der Waals surface area contributed by atoms with Gasteiger partial charge in [0.1, 0.15) is 18.1 Å². The zero-order chi connectivity index (χ0) is 21.5. The topological polar surface area (TPSA) is 202 Å². The molecular weight excluding hydrogens is 368 g/mol. The van der Waals surface area contributed by atoms with E-state index in [0.717, 1.165) is 12.0 Å². The van der Waals surface area contributed by atoms with Crippen LogP contribution < -0.4 is 22.5 Å². The van der Waals surface area contributed by atoms with Gasteiger partial charge in [-0.15, -0.1) is 0 Å². The maximum absolute atomic E-state index is 10.9. The minimum absolute atomic E-state index is 0.310. The Morgan fingerprint density at radius 2 is 1.29 bits per heavy atom. The van der Waals surface area contributed by atoms with Crippen molar-refractivity contribution in [2.24, 2.45) is 17.2 Å². The molecule has 0 amide bonds. The van der Waals surface area contributed by atoms with Gasteiger partial charge in [-0.25, -0.2) is 0 Å². The Kier molecular flexibility index (Phi) is 13.9. The number of rotatable bonds is 17. The fraction of sp³-hybridized carbons (Fsp3) is 0.722. The van der Waals surface area contributed by atoms with Crippen molar-refractivity contribution in [2.75, 3.05) is 13.1 Å². The van der Waals surface area contributed by atoms with Gasteiger partial charge in [0.05, 0.1) is 0 Å². The van der Waals surface area contributed by atoms with Crippen LogP contribution in [0.1, 0.15) is 51.4 Å². The number of nitrogens with two attached hydrogens (primary N) is 3. The maximum Gasteiger partial charge on any atom is 0.320 e. The molecule has 0 aromatic carbocycles. The molecular formula is C18H34N4O6. The quantitative estimate of drug-likeness (QED) is 0.127. The van der Waals surface area contributed by atoms with Crippen LogP contribution in [0, 0.1) is 0 Å². The molecule has 162 valence electrons. The predicted octanol–water partition coefficient (Wildman–Crippen LogP) is -0.141. The lowest BCUT2D eigenvalue weighted by Crippen LogP contribution is -2.30. The van der Waals surface area contributed by atoms with Crippen molar-refractivity contribution < 1.29 is 29.7 Å².